The molecule has 39 heavy (non-hydrogen) atoms. The Labute approximate surface area is 225 Å². The third-order valence-electron chi connectivity index (χ3n) is 6.71. The van der Waals surface area contributed by atoms with Crippen LogP contribution in [0.4, 0.5) is 0 Å². The van der Waals surface area contributed by atoms with E-state index in [0.29, 0.717) is 36.5 Å². The lowest BCUT2D eigenvalue weighted by molar-refractivity contribution is 0.0696. The second kappa shape index (κ2) is 11.2. The Morgan fingerprint density at radius 3 is 2.44 bits per heavy atom. The molecule has 0 atom stereocenters. The molecule has 0 saturated carbocycles. The highest BCUT2D eigenvalue weighted by Gasteiger charge is 2.16. The Morgan fingerprint density at radius 1 is 0.974 bits per heavy atom. The van der Waals surface area contributed by atoms with Crippen LogP contribution in [0.1, 0.15) is 51.9 Å². The van der Waals surface area contributed by atoms with Crippen molar-refractivity contribution >= 4 is 5.97 Å². The largest absolute Gasteiger partial charge is 0.478 e. The quantitative estimate of drug-likeness (QED) is 0.289. The summed E-state index contributed by atoms with van der Waals surface area (Å²) in [5, 5.41) is 23.6. The van der Waals surface area contributed by atoms with E-state index in [-0.39, 0.29) is 11.1 Å². The maximum absolute atomic E-state index is 13.8. The van der Waals surface area contributed by atoms with Crippen LogP contribution in [-0.2, 0) is 19.4 Å². The van der Waals surface area contributed by atoms with Gasteiger partial charge in [0.1, 0.15) is 5.82 Å². The number of H-pyrrole nitrogens is 1. The maximum Gasteiger partial charge on any atom is 0.335 e. The molecule has 0 bridgehead atoms. The molecule has 0 aliphatic heterocycles. The fourth-order valence-corrected chi connectivity index (χ4v) is 4.74. The Hall–Kier alpha value is -4.92. The lowest BCUT2D eigenvalue weighted by Gasteiger charge is -2.16. The van der Waals surface area contributed by atoms with Crippen LogP contribution in [0.2, 0.25) is 0 Å². The van der Waals surface area contributed by atoms with Gasteiger partial charge >= 0.3 is 5.97 Å². The van der Waals surface area contributed by atoms with Gasteiger partial charge in [0.25, 0.3) is 5.56 Å². The van der Waals surface area contributed by atoms with Crippen LogP contribution in [0.25, 0.3) is 22.5 Å². The number of rotatable bonds is 9. The predicted octanol–water partition coefficient (Wildman–Crippen LogP) is 4.69. The average Bonchev–Trinajstić information content (AvgIpc) is 3.49. The summed E-state index contributed by atoms with van der Waals surface area (Å²) in [5.74, 6) is 0.346. The van der Waals surface area contributed by atoms with Crippen molar-refractivity contribution < 1.29 is 9.90 Å². The van der Waals surface area contributed by atoms with E-state index in [4.69, 9.17) is 4.98 Å². The fourth-order valence-electron chi connectivity index (χ4n) is 4.74. The van der Waals surface area contributed by atoms with E-state index >= 15 is 0 Å². The highest BCUT2D eigenvalue weighted by atomic mass is 16.4. The number of nitrogens with one attached hydrogen (secondary N) is 1. The van der Waals surface area contributed by atoms with Crippen LogP contribution in [0, 0.1) is 6.92 Å². The molecule has 0 spiro atoms. The molecule has 0 radical (unpaired) electrons. The van der Waals surface area contributed by atoms with E-state index in [1.54, 1.807) is 22.8 Å². The van der Waals surface area contributed by atoms with Crippen molar-refractivity contribution in [2.45, 2.75) is 39.7 Å². The van der Waals surface area contributed by atoms with Crippen LogP contribution < -0.4 is 5.56 Å². The Balaban J connectivity index is 1.47. The molecule has 0 fully saturated rings. The molecule has 5 aromatic rings. The summed E-state index contributed by atoms with van der Waals surface area (Å²) in [6.07, 6.45) is 1.86. The molecule has 2 aromatic heterocycles. The minimum absolute atomic E-state index is 0.0982. The van der Waals surface area contributed by atoms with Crippen molar-refractivity contribution in [1.29, 1.82) is 0 Å². The molecular formula is C30H28N6O3. The number of hydrogen-bond donors (Lipinski definition) is 2. The number of carboxylic acids is 1. The van der Waals surface area contributed by atoms with Gasteiger partial charge < -0.3 is 5.11 Å². The predicted molar refractivity (Wildman–Crippen MR) is 148 cm³/mol. The molecule has 9 heteroatoms. The van der Waals surface area contributed by atoms with Gasteiger partial charge in [-0.25, -0.2) is 14.9 Å². The Bertz CT molecular complexity index is 1670. The molecule has 0 aliphatic rings. The second-order valence-corrected chi connectivity index (χ2v) is 9.41. The van der Waals surface area contributed by atoms with Crippen LogP contribution in [0.5, 0.6) is 0 Å². The van der Waals surface area contributed by atoms with Crippen molar-refractivity contribution in [3.05, 3.63) is 117 Å². The summed E-state index contributed by atoms with van der Waals surface area (Å²) in [4.78, 5) is 30.0. The van der Waals surface area contributed by atoms with E-state index in [2.05, 4.69) is 27.5 Å². The number of aromatic carboxylic acids is 1. The van der Waals surface area contributed by atoms with Crippen LogP contribution in [0.15, 0.2) is 77.6 Å². The summed E-state index contributed by atoms with van der Waals surface area (Å²) in [7, 11) is 0. The number of aromatic nitrogens is 6. The fraction of sp³-hybridized carbons (Fsp3) is 0.200. The smallest absolute Gasteiger partial charge is 0.335 e. The van der Waals surface area contributed by atoms with Crippen molar-refractivity contribution in [3.63, 3.8) is 0 Å². The summed E-state index contributed by atoms with van der Waals surface area (Å²) < 4.78 is 1.75. The zero-order valence-electron chi connectivity index (χ0n) is 21.8. The first kappa shape index (κ1) is 25.7. The first-order valence-corrected chi connectivity index (χ1v) is 12.8. The molecule has 0 unspecified atom stereocenters. The molecule has 196 valence electrons. The van der Waals surface area contributed by atoms with Gasteiger partial charge in [-0.15, -0.1) is 5.10 Å². The van der Waals surface area contributed by atoms with Gasteiger partial charge in [-0.1, -0.05) is 67.6 Å². The summed E-state index contributed by atoms with van der Waals surface area (Å²) >= 11 is 0. The molecule has 2 heterocycles. The summed E-state index contributed by atoms with van der Waals surface area (Å²) in [5.41, 5.74) is 5.98. The first-order valence-electron chi connectivity index (χ1n) is 12.8. The Kier molecular flexibility index (Phi) is 7.40. The standard InChI is InChI=1S/C30H28N6O3/c1-3-7-27-31-19(2)26(17-21-8-6-9-23(16-21)30(38)39)29(37)36(27)18-20-12-14-22(15-13-20)24-10-4-5-11-25(24)28-32-34-35-33-28/h4-6,8-16H,3,7,17-18H2,1-2H3,(H,38,39)(H,32,33,34,35). The molecule has 0 amide bonds. The molecule has 5 rings (SSSR count). The van der Waals surface area contributed by atoms with E-state index in [1.165, 1.54) is 0 Å². The topological polar surface area (TPSA) is 127 Å². The number of aromatic amines is 1. The maximum atomic E-state index is 13.8. The van der Waals surface area contributed by atoms with Crippen molar-refractivity contribution in [2.75, 3.05) is 0 Å². The minimum atomic E-state index is -0.994. The van der Waals surface area contributed by atoms with Gasteiger partial charge in [-0.2, -0.15) is 0 Å². The highest BCUT2D eigenvalue weighted by Crippen LogP contribution is 2.29. The van der Waals surface area contributed by atoms with Gasteiger partial charge in [0.2, 0.25) is 0 Å². The van der Waals surface area contributed by atoms with Crippen LogP contribution in [0.3, 0.4) is 0 Å². The average molecular weight is 521 g/mol. The third-order valence-corrected chi connectivity index (χ3v) is 6.71. The normalized spacial score (nSPS) is 11.0. The van der Waals surface area contributed by atoms with Gasteiger partial charge in [0.15, 0.2) is 5.82 Å². The minimum Gasteiger partial charge on any atom is -0.478 e. The SMILES string of the molecule is CCCc1nc(C)c(Cc2cccc(C(=O)O)c2)c(=O)n1Cc1ccc(-c2ccccc2-c2nnn[nH]2)cc1. The second-order valence-electron chi connectivity index (χ2n) is 9.41. The molecule has 2 N–H and O–H groups in total. The lowest BCUT2D eigenvalue weighted by Crippen LogP contribution is -2.30. The van der Waals surface area contributed by atoms with E-state index in [1.807, 2.05) is 61.5 Å². The number of carbonyl (C=O) groups is 1. The van der Waals surface area contributed by atoms with Gasteiger partial charge in [0.05, 0.1) is 12.1 Å². The number of hydrogen-bond acceptors (Lipinski definition) is 6. The number of nitrogens with zero attached hydrogens (tertiary/aromatic N) is 5. The molecule has 0 saturated heterocycles. The number of tetrazole rings is 1. The van der Waals surface area contributed by atoms with Crippen LogP contribution in [-0.4, -0.2) is 41.3 Å². The monoisotopic (exact) mass is 520 g/mol. The van der Waals surface area contributed by atoms with E-state index in [0.717, 1.165) is 40.1 Å². The molecule has 3 aromatic carbocycles. The van der Waals surface area contributed by atoms with Gasteiger partial charge in [-0.05, 0) is 58.2 Å². The summed E-state index contributed by atoms with van der Waals surface area (Å²) in [6.45, 7) is 4.29. The van der Waals surface area contributed by atoms with E-state index in [9.17, 15) is 14.7 Å². The lowest BCUT2D eigenvalue weighted by atomic mass is 9.98. The Morgan fingerprint density at radius 2 is 1.74 bits per heavy atom. The van der Waals surface area contributed by atoms with E-state index < -0.39 is 5.97 Å². The molecule has 0 aliphatic carbocycles. The van der Waals surface area contributed by atoms with Gasteiger partial charge in [-0.3, -0.25) is 9.36 Å². The number of benzene rings is 3. The number of carboxylic acid groups (broad SMARTS) is 1. The molecule has 9 nitrogen and oxygen atoms in total. The van der Waals surface area contributed by atoms with Gasteiger partial charge in [0, 0.05) is 29.7 Å². The zero-order chi connectivity index (χ0) is 27.4. The van der Waals surface area contributed by atoms with Crippen molar-refractivity contribution in [1.82, 2.24) is 30.2 Å². The summed E-state index contributed by atoms with van der Waals surface area (Å²) in [6, 6.07) is 22.7. The van der Waals surface area contributed by atoms with Crippen molar-refractivity contribution in [3.8, 4) is 22.5 Å². The highest BCUT2D eigenvalue weighted by molar-refractivity contribution is 5.87. The molecular weight excluding hydrogens is 492 g/mol. The zero-order valence-corrected chi connectivity index (χ0v) is 21.8. The third kappa shape index (κ3) is 5.52. The first-order chi connectivity index (χ1) is 18.9. The number of aryl methyl sites for hydroxylation is 2. The van der Waals surface area contributed by atoms with Crippen molar-refractivity contribution in [2.24, 2.45) is 0 Å². The van der Waals surface area contributed by atoms with Crippen LogP contribution >= 0.6 is 0 Å².